The van der Waals surface area contributed by atoms with E-state index in [1.54, 1.807) is 0 Å². The molecule has 1 amide bonds. The molecule has 2 aromatic carbocycles. The summed E-state index contributed by atoms with van der Waals surface area (Å²) in [5.74, 6) is 0.624. The third-order valence-corrected chi connectivity index (χ3v) is 4.95. The Hall–Kier alpha value is -2.96. The van der Waals surface area contributed by atoms with E-state index in [0.29, 0.717) is 10.7 Å². The van der Waals surface area contributed by atoms with E-state index >= 15 is 0 Å². The molecule has 1 N–H and O–H groups in total. The van der Waals surface area contributed by atoms with Crippen LogP contribution in [0.1, 0.15) is 30.7 Å². The van der Waals surface area contributed by atoms with Crippen molar-refractivity contribution in [1.29, 1.82) is 0 Å². The van der Waals surface area contributed by atoms with Crippen molar-refractivity contribution in [2.24, 2.45) is 0 Å². The molecule has 156 valence electrons. The predicted molar refractivity (Wildman–Crippen MR) is 125 cm³/mol. The van der Waals surface area contributed by atoms with Crippen LogP contribution in [0.2, 0.25) is 0 Å². The lowest BCUT2D eigenvalue weighted by Crippen LogP contribution is -2.14. The number of nitrogens with zero attached hydrogens (tertiary/aromatic N) is 2. The van der Waals surface area contributed by atoms with Crippen molar-refractivity contribution in [3.8, 4) is 5.75 Å². The molecule has 0 saturated carbocycles. The van der Waals surface area contributed by atoms with Gasteiger partial charge in [0.15, 0.2) is 5.13 Å². The van der Waals surface area contributed by atoms with Gasteiger partial charge in [-0.15, -0.1) is 11.3 Å². The molecule has 3 aromatic rings. The van der Waals surface area contributed by atoms with Crippen molar-refractivity contribution >= 4 is 34.0 Å². The third-order valence-electron chi connectivity index (χ3n) is 4.14. The van der Waals surface area contributed by atoms with Gasteiger partial charge in [-0.2, -0.15) is 0 Å². The maximum Gasteiger partial charge on any atom is 0.258 e. The summed E-state index contributed by atoms with van der Waals surface area (Å²) in [4.78, 5) is 19.7. The molecule has 5 nitrogen and oxygen atoms in total. The monoisotopic (exact) mass is 421 g/mol. The molecule has 0 saturated heterocycles. The van der Waals surface area contributed by atoms with Gasteiger partial charge in [0, 0.05) is 17.5 Å². The van der Waals surface area contributed by atoms with E-state index in [0.717, 1.165) is 29.1 Å². The Morgan fingerprint density at radius 1 is 1.13 bits per heavy atom. The van der Waals surface area contributed by atoms with Crippen molar-refractivity contribution < 1.29 is 9.53 Å². The summed E-state index contributed by atoms with van der Waals surface area (Å²) in [5.41, 5.74) is 3.29. The maximum atomic E-state index is 13.1. The van der Waals surface area contributed by atoms with Gasteiger partial charge in [0.25, 0.3) is 5.91 Å². The van der Waals surface area contributed by atoms with E-state index in [1.807, 2.05) is 98.9 Å². The Morgan fingerprint density at radius 2 is 1.83 bits per heavy atom. The van der Waals surface area contributed by atoms with Crippen molar-refractivity contribution in [3.63, 3.8) is 0 Å². The van der Waals surface area contributed by atoms with E-state index in [-0.39, 0.29) is 12.0 Å². The highest BCUT2D eigenvalue weighted by molar-refractivity contribution is 7.14. The minimum absolute atomic E-state index is 0.118. The van der Waals surface area contributed by atoms with Gasteiger partial charge < -0.3 is 9.64 Å². The van der Waals surface area contributed by atoms with Crippen molar-refractivity contribution in [1.82, 2.24) is 9.88 Å². The quantitative estimate of drug-likeness (QED) is 0.403. The van der Waals surface area contributed by atoms with E-state index in [1.165, 1.54) is 11.3 Å². The lowest BCUT2D eigenvalue weighted by molar-refractivity contribution is -0.111. The molecule has 6 heteroatoms. The standard InChI is InChI=1S/C24H27N3O2S/c1-17(2)29-21-12-10-18(11-13-21)14-22(19-8-6-5-7-9-19)23(28)26-24-25-20(16-30-24)15-27(3)4/h5-14,16-17H,15H2,1-4H3,(H,25,26,28)/b22-14+. The Kier molecular flexibility index (Phi) is 7.38. The number of ether oxygens (including phenoxy) is 1. The molecule has 0 spiro atoms. The fourth-order valence-corrected chi connectivity index (χ4v) is 3.60. The second-order valence-electron chi connectivity index (χ2n) is 7.50. The molecule has 1 aromatic heterocycles. The van der Waals surface area contributed by atoms with E-state index in [4.69, 9.17) is 4.74 Å². The van der Waals surface area contributed by atoms with E-state index in [2.05, 4.69) is 10.3 Å². The fourth-order valence-electron chi connectivity index (χ4n) is 2.90. The first-order chi connectivity index (χ1) is 14.4. The smallest absolute Gasteiger partial charge is 0.258 e. The topological polar surface area (TPSA) is 54.5 Å². The summed E-state index contributed by atoms with van der Waals surface area (Å²) in [5, 5.41) is 5.51. The number of aromatic nitrogens is 1. The van der Waals surface area contributed by atoms with Gasteiger partial charge >= 0.3 is 0 Å². The Balaban J connectivity index is 1.84. The van der Waals surface area contributed by atoms with Crippen molar-refractivity contribution in [2.45, 2.75) is 26.5 Å². The van der Waals surface area contributed by atoms with Crippen LogP contribution in [0.5, 0.6) is 5.75 Å². The van der Waals surface area contributed by atoms with Crippen LogP contribution in [-0.4, -0.2) is 36.0 Å². The summed E-state index contributed by atoms with van der Waals surface area (Å²) in [6, 6.07) is 17.4. The summed E-state index contributed by atoms with van der Waals surface area (Å²) < 4.78 is 5.70. The first kappa shape index (κ1) is 21.7. The second kappa shape index (κ2) is 10.2. The average molecular weight is 422 g/mol. The fraction of sp³-hybridized carbons (Fsp3) is 0.250. The molecule has 0 bridgehead atoms. The van der Waals surface area contributed by atoms with Gasteiger partial charge in [-0.1, -0.05) is 42.5 Å². The van der Waals surface area contributed by atoms with E-state index in [9.17, 15) is 4.79 Å². The normalized spacial score (nSPS) is 11.7. The van der Waals surface area contributed by atoms with Crippen LogP contribution in [0.15, 0.2) is 60.0 Å². The van der Waals surface area contributed by atoms with Gasteiger partial charge in [0.05, 0.1) is 11.8 Å². The van der Waals surface area contributed by atoms with Crippen molar-refractivity contribution in [2.75, 3.05) is 19.4 Å². The number of nitrogens with one attached hydrogen (secondary N) is 1. The van der Waals surface area contributed by atoms with Crippen LogP contribution in [0.3, 0.4) is 0 Å². The van der Waals surface area contributed by atoms with Crippen LogP contribution < -0.4 is 10.1 Å². The molecule has 0 unspecified atom stereocenters. The number of rotatable bonds is 8. The van der Waals surface area contributed by atoms with Crippen LogP contribution in [0.25, 0.3) is 11.6 Å². The molecule has 0 aliphatic heterocycles. The molecule has 1 heterocycles. The molecule has 3 rings (SSSR count). The molecule has 0 aliphatic rings. The van der Waals surface area contributed by atoms with Crippen LogP contribution in [0, 0.1) is 0 Å². The number of anilines is 1. The summed E-state index contributed by atoms with van der Waals surface area (Å²) in [6.07, 6.45) is 2.01. The average Bonchev–Trinajstić information content (AvgIpc) is 3.13. The SMILES string of the molecule is CC(C)Oc1ccc(/C=C(/C(=O)Nc2nc(CN(C)C)cs2)c2ccccc2)cc1. The number of benzene rings is 2. The van der Waals surface area contributed by atoms with E-state index < -0.39 is 0 Å². The number of amides is 1. The number of hydrogen-bond acceptors (Lipinski definition) is 5. The first-order valence-corrected chi connectivity index (χ1v) is 10.7. The molecular formula is C24H27N3O2S. The second-order valence-corrected chi connectivity index (χ2v) is 8.35. The van der Waals surface area contributed by atoms with Gasteiger partial charge in [-0.25, -0.2) is 4.98 Å². The lowest BCUT2D eigenvalue weighted by atomic mass is 10.0. The largest absolute Gasteiger partial charge is 0.491 e. The van der Waals surface area contributed by atoms with Crippen LogP contribution >= 0.6 is 11.3 Å². The number of hydrogen-bond donors (Lipinski definition) is 1. The molecule has 0 aliphatic carbocycles. The molecule has 0 fully saturated rings. The minimum Gasteiger partial charge on any atom is -0.491 e. The zero-order valence-electron chi connectivity index (χ0n) is 17.8. The lowest BCUT2D eigenvalue weighted by Gasteiger charge is -2.10. The third kappa shape index (κ3) is 6.27. The Bertz CT molecular complexity index is 993. The van der Waals surface area contributed by atoms with Crippen molar-refractivity contribution in [3.05, 3.63) is 76.8 Å². The molecular weight excluding hydrogens is 394 g/mol. The Labute approximate surface area is 182 Å². The number of carbonyl (C=O) groups excluding carboxylic acids is 1. The van der Waals surface area contributed by atoms with Gasteiger partial charge in [0.2, 0.25) is 0 Å². The minimum atomic E-state index is -0.186. The summed E-state index contributed by atoms with van der Waals surface area (Å²) in [7, 11) is 3.98. The van der Waals surface area contributed by atoms with Gasteiger partial charge in [-0.3, -0.25) is 10.1 Å². The highest BCUT2D eigenvalue weighted by atomic mass is 32.1. The maximum absolute atomic E-state index is 13.1. The van der Waals surface area contributed by atoms with Gasteiger partial charge in [-0.05, 0) is 57.3 Å². The first-order valence-electron chi connectivity index (χ1n) is 9.85. The number of carbonyl (C=O) groups is 1. The summed E-state index contributed by atoms with van der Waals surface area (Å²) in [6.45, 7) is 4.72. The Morgan fingerprint density at radius 3 is 2.47 bits per heavy atom. The van der Waals surface area contributed by atoms with Gasteiger partial charge in [0.1, 0.15) is 5.75 Å². The molecule has 30 heavy (non-hydrogen) atoms. The molecule has 0 radical (unpaired) electrons. The molecule has 0 atom stereocenters. The number of thiazole rings is 1. The van der Waals surface area contributed by atoms with Crippen LogP contribution in [0.4, 0.5) is 5.13 Å². The van der Waals surface area contributed by atoms with Crippen LogP contribution in [-0.2, 0) is 11.3 Å². The highest BCUT2D eigenvalue weighted by Gasteiger charge is 2.14. The summed E-state index contributed by atoms with van der Waals surface area (Å²) >= 11 is 1.43. The zero-order valence-corrected chi connectivity index (χ0v) is 18.6. The predicted octanol–water partition coefficient (Wildman–Crippen LogP) is 5.17. The zero-order chi connectivity index (χ0) is 21.5. The highest BCUT2D eigenvalue weighted by Crippen LogP contribution is 2.24.